The van der Waals surface area contributed by atoms with Crippen LogP contribution >= 0.6 is 0 Å². The zero-order chi connectivity index (χ0) is 8.27. The quantitative estimate of drug-likeness (QED) is 0.676. The summed E-state index contributed by atoms with van der Waals surface area (Å²) >= 11 is 0. The van der Waals surface area contributed by atoms with Crippen LogP contribution in [0.25, 0.3) is 0 Å². The minimum Gasteiger partial charge on any atom is -0.481 e. The van der Waals surface area contributed by atoms with Gasteiger partial charge in [-0.25, -0.2) is 0 Å². The molecule has 0 aliphatic heterocycles. The smallest absolute Gasteiger partial charge is 0.312 e. The Bertz CT molecular complexity index is 248. The van der Waals surface area contributed by atoms with Gasteiger partial charge in [0.2, 0.25) is 0 Å². The third-order valence-corrected chi connectivity index (χ3v) is 1.41. The molecule has 1 rings (SSSR count). The lowest BCUT2D eigenvalue weighted by molar-refractivity contribution is -0.138. The Morgan fingerprint density at radius 2 is 2.45 bits per heavy atom. The van der Waals surface area contributed by atoms with Gasteiger partial charge < -0.3 is 5.11 Å². The van der Waals surface area contributed by atoms with E-state index in [1.165, 1.54) is 6.20 Å². The lowest BCUT2D eigenvalue weighted by atomic mass is 10.1. The third kappa shape index (κ3) is 1.73. The van der Waals surface area contributed by atoms with Crippen LogP contribution in [0.5, 0.6) is 0 Å². The van der Waals surface area contributed by atoms with Crippen molar-refractivity contribution in [3.63, 3.8) is 0 Å². The highest BCUT2D eigenvalue weighted by molar-refractivity contribution is 5.74. The molecule has 0 aliphatic rings. The van der Waals surface area contributed by atoms with Crippen LogP contribution in [-0.4, -0.2) is 21.3 Å². The number of nitrogens with zero attached hydrogens (tertiary/aromatic N) is 2. The molecule has 0 fully saturated rings. The van der Waals surface area contributed by atoms with Crippen molar-refractivity contribution < 1.29 is 9.90 Å². The summed E-state index contributed by atoms with van der Waals surface area (Å²) in [6.45, 7) is 1.58. The van der Waals surface area contributed by atoms with Crippen molar-refractivity contribution in [2.24, 2.45) is 0 Å². The van der Waals surface area contributed by atoms with Gasteiger partial charge in [-0.3, -0.25) is 4.79 Å². The molecule has 0 bridgehead atoms. The second-order valence-electron chi connectivity index (χ2n) is 2.21. The van der Waals surface area contributed by atoms with E-state index in [9.17, 15) is 4.79 Å². The van der Waals surface area contributed by atoms with Gasteiger partial charge in [0, 0.05) is 6.20 Å². The van der Waals surface area contributed by atoms with Crippen LogP contribution in [0.3, 0.4) is 0 Å². The molecule has 1 atom stereocenters. The second kappa shape index (κ2) is 3.09. The van der Waals surface area contributed by atoms with Crippen molar-refractivity contribution in [2.75, 3.05) is 0 Å². The molecule has 1 N–H and O–H groups in total. The fourth-order valence-corrected chi connectivity index (χ4v) is 0.671. The van der Waals surface area contributed by atoms with Crippen LogP contribution in [0, 0.1) is 0 Å². The van der Waals surface area contributed by atoms with Crippen molar-refractivity contribution >= 4 is 5.97 Å². The summed E-state index contributed by atoms with van der Waals surface area (Å²) in [6.07, 6.45) is 1.51. The van der Waals surface area contributed by atoms with Gasteiger partial charge in [-0.05, 0) is 19.1 Å². The fourth-order valence-electron chi connectivity index (χ4n) is 0.671. The number of carboxylic acids is 1. The van der Waals surface area contributed by atoms with E-state index in [-0.39, 0.29) is 0 Å². The molecule has 58 valence electrons. The van der Waals surface area contributed by atoms with Gasteiger partial charge in [-0.15, -0.1) is 0 Å². The summed E-state index contributed by atoms with van der Waals surface area (Å²) < 4.78 is 0. The van der Waals surface area contributed by atoms with Crippen molar-refractivity contribution in [1.29, 1.82) is 0 Å². The topological polar surface area (TPSA) is 63.1 Å². The molecule has 0 amide bonds. The lowest BCUT2D eigenvalue weighted by Crippen LogP contribution is -2.09. The normalized spacial score (nSPS) is 12.5. The van der Waals surface area contributed by atoms with Crippen LogP contribution in [0.1, 0.15) is 18.5 Å². The SMILES string of the molecule is CC(C(=O)O)c1cccnn1. The lowest BCUT2D eigenvalue weighted by Gasteiger charge is -2.01. The van der Waals surface area contributed by atoms with E-state index in [0.29, 0.717) is 5.69 Å². The molecule has 1 aromatic heterocycles. The van der Waals surface area contributed by atoms with Gasteiger partial charge in [0.1, 0.15) is 0 Å². The van der Waals surface area contributed by atoms with Crippen molar-refractivity contribution in [3.05, 3.63) is 24.0 Å². The van der Waals surface area contributed by atoms with Gasteiger partial charge in [0.15, 0.2) is 0 Å². The average Bonchev–Trinajstić information content (AvgIpc) is 2.05. The van der Waals surface area contributed by atoms with Crippen LogP contribution in [0.4, 0.5) is 0 Å². The predicted molar refractivity (Wildman–Crippen MR) is 38.1 cm³/mol. The van der Waals surface area contributed by atoms with Crippen molar-refractivity contribution in [2.45, 2.75) is 12.8 Å². The van der Waals surface area contributed by atoms with Gasteiger partial charge in [0.25, 0.3) is 0 Å². The largest absolute Gasteiger partial charge is 0.481 e. The molecule has 4 heteroatoms. The van der Waals surface area contributed by atoms with Crippen LogP contribution < -0.4 is 0 Å². The van der Waals surface area contributed by atoms with E-state index < -0.39 is 11.9 Å². The van der Waals surface area contributed by atoms with E-state index in [2.05, 4.69) is 10.2 Å². The molecule has 0 radical (unpaired) electrons. The Labute approximate surface area is 63.9 Å². The molecule has 0 aromatic carbocycles. The first-order chi connectivity index (χ1) is 5.22. The molecular weight excluding hydrogens is 144 g/mol. The Hall–Kier alpha value is -1.45. The maximum absolute atomic E-state index is 10.4. The zero-order valence-corrected chi connectivity index (χ0v) is 6.06. The molecule has 11 heavy (non-hydrogen) atoms. The highest BCUT2D eigenvalue weighted by Crippen LogP contribution is 2.09. The van der Waals surface area contributed by atoms with Crippen molar-refractivity contribution in [3.8, 4) is 0 Å². The Balaban J connectivity index is 2.85. The number of rotatable bonds is 2. The monoisotopic (exact) mass is 152 g/mol. The molecule has 1 aromatic rings. The van der Waals surface area contributed by atoms with Crippen LogP contribution in [0.2, 0.25) is 0 Å². The fraction of sp³-hybridized carbons (Fsp3) is 0.286. The number of hydrogen-bond donors (Lipinski definition) is 1. The highest BCUT2D eigenvalue weighted by Gasteiger charge is 2.14. The number of hydrogen-bond acceptors (Lipinski definition) is 3. The maximum Gasteiger partial charge on any atom is 0.312 e. The van der Waals surface area contributed by atoms with E-state index in [0.717, 1.165) is 0 Å². The standard InChI is InChI=1S/C7H8N2O2/c1-5(7(10)11)6-3-2-4-8-9-6/h2-5H,1H3,(H,10,11). The molecule has 0 spiro atoms. The predicted octanol–water partition coefficient (Wildman–Crippen LogP) is 0.665. The molecule has 0 aliphatic carbocycles. The summed E-state index contributed by atoms with van der Waals surface area (Å²) in [5.41, 5.74) is 0.486. The van der Waals surface area contributed by atoms with Gasteiger partial charge in [-0.2, -0.15) is 10.2 Å². The number of carbonyl (C=O) groups is 1. The van der Waals surface area contributed by atoms with Crippen LogP contribution in [-0.2, 0) is 4.79 Å². The summed E-state index contributed by atoms with van der Waals surface area (Å²) in [5, 5.41) is 15.8. The highest BCUT2D eigenvalue weighted by atomic mass is 16.4. The van der Waals surface area contributed by atoms with Crippen molar-refractivity contribution in [1.82, 2.24) is 10.2 Å². The number of aromatic nitrogens is 2. The minimum absolute atomic E-state index is 0.486. The first kappa shape index (κ1) is 7.65. The summed E-state index contributed by atoms with van der Waals surface area (Å²) in [4.78, 5) is 10.4. The van der Waals surface area contributed by atoms with E-state index in [1.54, 1.807) is 19.1 Å². The number of carboxylic acid groups (broad SMARTS) is 1. The molecule has 1 unspecified atom stereocenters. The summed E-state index contributed by atoms with van der Waals surface area (Å²) in [5.74, 6) is -1.46. The number of aliphatic carboxylic acids is 1. The summed E-state index contributed by atoms with van der Waals surface area (Å²) in [6, 6.07) is 3.31. The van der Waals surface area contributed by atoms with Gasteiger partial charge in [-0.1, -0.05) is 0 Å². The summed E-state index contributed by atoms with van der Waals surface area (Å²) in [7, 11) is 0. The molecular formula is C7H8N2O2. The first-order valence-corrected chi connectivity index (χ1v) is 3.22. The van der Waals surface area contributed by atoms with Gasteiger partial charge >= 0.3 is 5.97 Å². The Morgan fingerprint density at radius 1 is 1.73 bits per heavy atom. The second-order valence-corrected chi connectivity index (χ2v) is 2.21. The maximum atomic E-state index is 10.4. The average molecular weight is 152 g/mol. The Morgan fingerprint density at radius 3 is 2.91 bits per heavy atom. The molecule has 0 saturated carbocycles. The third-order valence-electron chi connectivity index (χ3n) is 1.41. The van der Waals surface area contributed by atoms with Gasteiger partial charge in [0.05, 0.1) is 11.6 Å². The zero-order valence-electron chi connectivity index (χ0n) is 6.06. The van der Waals surface area contributed by atoms with E-state index >= 15 is 0 Å². The van der Waals surface area contributed by atoms with Crippen LogP contribution in [0.15, 0.2) is 18.3 Å². The molecule has 1 heterocycles. The molecule has 0 saturated heterocycles. The minimum atomic E-state index is -0.884. The Kier molecular flexibility index (Phi) is 2.15. The molecule has 4 nitrogen and oxygen atoms in total. The van der Waals surface area contributed by atoms with E-state index in [4.69, 9.17) is 5.11 Å². The van der Waals surface area contributed by atoms with E-state index in [1.807, 2.05) is 0 Å². The first-order valence-electron chi connectivity index (χ1n) is 3.22.